The van der Waals surface area contributed by atoms with Crippen LogP contribution < -0.4 is 10.9 Å². The van der Waals surface area contributed by atoms with E-state index in [1.807, 2.05) is 68.4 Å². The molecule has 1 saturated carbocycles. The SMILES string of the molecule is CC.COCCC1(C(=O)N[C@@H](Cc2ccc(-c3cc(Cl)cn(Cc4ccccc4)c3=O)cc2)C(=O)OC)CCCC1. The molecule has 41 heavy (non-hydrogen) atoms. The highest BCUT2D eigenvalue weighted by atomic mass is 35.5. The van der Waals surface area contributed by atoms with E-state index in [1.54, 1.807) is 23.9 Å². The Kier molecular flexibility index (Phi) is 12.2. The summed E-state index contributed by atoms with van der Waals surface area (Å²) in [6, 6.07) is 18.0. The fraction of sp³-hybridized carbons (Fsp3) is 0.424. The Hall–Kier alpha value is -3.42. The van der Waals surface area contributed by atoms with Crippen molar-refractivity contribution in [3.63, 3.8) is 0 Å². The van der Waals surface area contributed by atoms with Gasteiger partial charge in [-0.2, -0.15) is 0 Å². The van der Waals surface area contributed by atoms with Crippen LogP contribution in [0.5, 0.6) is 0 Å². The minimum Gasteiger partial charge on any atom is -0.467 e. The van der Waals surface area contributed by atoms with E-state index >= 15 is 0 Å². The van der Waals surface area contributed by atoms with E-state index in [2.05, 4.69) is 5.32 Å². The Bertz CT molecular complexity index is 1330. The van der Waals surface area contributed by atoms with Crippen LogP contribution in [0.4, 0.5) is 0 Å². The van der Waals surface area contributed by atoms with Gasteiger partial charge in [-0.3, -0.25) is 9.59 Å². The zero-order valence-electron chi connectivity index (χ0n) is 24.5. The van der Waals surface area contributed by atoms with Gasteiger partial charge in [-0.1, -0.05) is 92.9 Å². The van der Waals surface area contributed by atoms with Gasteiger partial charge in [-0.15, -0.1) is 0 Å². The van der Waals surface area contributed by atoms with Crippen LogP contribution in [0, 0.1) is 5.41 Å². The Morgan fingerprint density at radius 1 is 1.00 bits per heavy atom. The number of ether oxygens (including phenoxy) is 2. The van der Waals surface area contributed by atoms with E-state index in [4.69, 9.17) is 21.1 Å². The molecule has 0 saturated heterocycles. The molecule has 1 aromatic heterocycles. The van der Waals surface area contributed by atoms with Crippen molar-refractivity contribution < 1.29 is 19.1 Å². The second-order valence-corrected chi connectivity index (χ2v) is 10.6. The first-order valence-electron chi connectivity index (χ1n) is 14.3. The van der Waals surface area contributed by atoms with Crippen LogP contribution in [0.1, 0.15) is 57.1 Å². The predicted molar refractivity (Wildman–Crippen MR) is 163 cm³/mol. The molecule has 0 unspecified atom stereocenters. The zero-order valence-corrected chi connectivity index (χ0v) is 25.2. The number of carbonyl (C=O) groups is 2. The van der Waals surface area contributed by atoms with Crippen LogP contribution in [-0.2, 0) is 32.0 Å². The molecule has 220 valence electrons. The summed E-state index contributed by atoms with van der Waals surface area (Å²) in [6.07, 6.45) is 6.07. The lowest BCUT2D eigenvalue weighted by Gasteiger charge is -2.29. The largest absolute Gasteiger partial charge is 0.467 e. The molecule has 1 aliphatic rings. The summed E-state index contributed by atoms with van der Waals surface area (Å²) in [4.78, 5) is 39.2. The van der Waals surface area contributed by atoms with Crippen molar-refractivity contribution in [1.82, 2.24) is 9.88 Å². The average molecular weight is 581 g/mol. The molecule has 1 heterocycles. The third kappa shape index (κ3) is 8.30. The van der Waals surface area contributed by atoms with Gasteiger partial charge in [-0.05, 0) is 42.0 Å². The van der Waals surface area contributed by atoms with E-state index in [0.29, 0.717) is 30.2 Å². The summed E-state index contributed by atoms with van der Waals surface area (Å²) in [6.45, 7) is 4.91. The molecule has 0 radical (unpaired) electrons. The number of aromatic nitrogens is 1. The molecule has 0 spiro atoms. The van der Waals surface area contributed by atoms with E-state index in [9.17, 15) is 14.4 Å². The van der Waals surface area contributed by atoms with Gasteiger partial charge in [0.25, 0.3) is 5.56 Å². The standard InChI is InChI=1S/C31H35ClN2O5.C2H6/c1-38-17-16-31(14-6-7-15-31)30(37)33-27(29(36)39-2)18-22-10-12-24(13-11-22)26-19-25(32)21-34(28(26)35)20-23-8-4-3-5-9-23;1-2/h3-5,8-13,19,21,27H,6-7,14-18,20H2,1-2H3,(H,33,37);1-2H3/t27-;/m0./s1. The first-order chi connectivity index (χ1) is 19.8. The number of halogens is 1. The van der Waals surface area contributed by atoms with E-state index in [1.165, 1.54) is 7.11 Å². The van der Waals surface area contributed by atoms with Crippen molar-refractivity contribution in [3.05, 3.63) is 93.4 Å². The maximum atomic E-state index is 13.3. The molecule has 1 atom stereocenters. The molecule has 8 heteroatoms. The number of methoxy groups -OCH3 is 2. The highest BCUT2D eigenvalue weighted by molar-refractivity contribution is 6.30. The van der Waals surface area contributed by atoms with Crippen LogP contribution in [0.15, 0.2) is 71.7 Å². The maximum Gasteiger partial charge on any atom is 0.328 e. The molecular formula is C33H41ClN2O5. The molecule has 0 bridgehead atoms. The number of hydrogen-bond acceptors (Lipinski definition) is 5. The number of nitrogens with zero attached hydrogens (tertiary/aromatic N) is 1. The van der Waals surface area contributed by atoms with Gasteiger partial charge in [0, 0.05) is 31.9 Å². The molecule has 0 aliphatic heterocycles. The Morgan fingerprint density at radius 3 is 2.27 bits per heavy atom. The van der Waals surface area contributed by atoms with Gasteiger partial charge < -0.3 is 19.4 Å². The number of nitrogens with one attached hydrogen (secondary N) is 1. The lowest BCUT2D eigenvalue weighted by molar-refractivity contribution is -0.146. The quantitative estimate of drug-likeness (QED) is 0.279. The van der Waals surface area contributed by atoms with Gasteiger partial charge in [-0.25, -0.2) is 4.79 Å². The van der Waals surface area contributed by atoms with Gasteiger partial charge in [0.05, 0.1) is 24.1 Å². The Balaban J connectivity index is 0.00000226. The second kappa shape index (κ2) is 15.5. The van der Waals surface area contributed by atoms with Crippen molar-refractivity contribution in [2.75, 3.05) is 20.8 Å². The zero-order chi connectivity index (χ0) is 29.8. The van der Waals surface area contributed by atoms with Crippen molar-refractivity contribution >= 4 is 23.5 Å². The molecule has 1 amide bonds. The number of carbonyl (C=O) groups excluding carboxylic acids is 2. The number of esters is 1. The van der Waals surface area contributed by atoms with Gasteiger partial charge in [0.1, 0.15) is 6.04 Å². The lowest BCUT2D eigenvalue weighted by atomic mass is 9.81. The van der Waals surface area contributed by atoms with Crippen LogP contribution in [0.25, 0.3) is 11.1 Å². The van der Waals surface area contributed by atoms with Gasteiger partial charge in [0.15, 0.2) is 0 Å². The average Bonchev–Trinajstić information content (AvgIpc) is 3.49. The number of benzene rings is 2. The first kappa shape index (κ1) is 32.1. The molecule has 1 fully saturated rings. The number of pyridine rings is 1. The van der Waals surface area contributed by atoms with Crippen molar-refractivity contribution in [2.24, 2.45) is 5.41 Å². The molecule has 4 rings (SSSR count). The predicted octanol–water partition coefficient (Wildman–Crippen LogP) is 6.04. The number of hydrogen-bond donors (Lipinski definition) is 1. The van der Waals surface area contributed by atoms with Crippen molar-refractivity contribution in [1.29, 1.82) is 0 Å². The van der Waals surface area contributed by atoms with Crippen LogP contribution in [-0.4, -0.2) is 43.3 Å². The summed E-state index contributed by atoms with van der Waals surface area (Å²) in [5.41, 5.74) is 2.38. The molecule has 1 N–H and O–H groups in total. The second-order valence-electron chi connectivity index (χ2n) is 10.2. The third-order valence-corrected chi connectivity index (χ3v) is 7.78. The summed E-state index contributed by atoms with van der Waals surface area (Å²) >= 11 is 6.38. The summed E-state index contributed by atoms with van der Waals surface area (Å²) in [5.74, 6) is -0.618. The minimum atomic E-state index is -0.817. The Morgan fingerprint density at radius 2 is 1.66 bits per heavy atom. The Labute approximate surface area is 247 Å². The molecular weight excluding hydrogens is 540 g/mol. The highest BCUT2D eigenvalue weighted by Crippen LogP contribution is 2.41. The minimum absolute atomic E-state index is 0.123. The van der Waals surface area contributed by atoms with E-state index in [-0.39, 0.29) is 17.9 Å². The first-order valence-corrected chi connectivity index (χ1v) is 14.6. The third-order valence-electron chi connectivity index (χ3n) is 7.57. The molecule has 2 aromatic carbocycles. The van der Waals surface area contributed by atoms with Crippen LogP contribution in [0.3, 0.4) is 0 Å². The van der Waals surface area contributed by atoms with E-state index in [0.717, 1.165) is 42.4 Å². The maximum absolute atomic E-state index is 13.3. The molecule has 7 nitrogen and oxygen atoms in total. The fourth-order valence-electron chi connectivity index (χ4n) is 5.35. The number of amides is 1. The summed E-state index contributed by atoms with van der Waals surface area (Å²) in [5, 5.41) is 3.43. The van der Waals surface area contributed by atoms with Crippen molar-refractivity contribution in [3.8, 4) is 11.1 Å². The normalized spacial score (nSPS) is 14.5. The highest BCUT2D eigenvalue weighted by Gasteiger charge is 2.42. The lowest BCUT2D eigenvalue weighted by Crippen LogP contribution is -2.49. The topological polar surface area (TPSA) is 86.6 Å². The van der Waals surface area contributed by atoms with Crippen molar-refractivity contribution in [2.45, 2.75) is 65.0 Å². The van der Waals surface area contributed by atoms with E-state index < -0.39 is 17.4 Å². The molecule has 3 aromatic rings. The van der Waals surface area contributed by atoms with Crippen LogP contribution in [0.2, 0.25) is 5.02 Å². The fourth-order valence-corrected chi connectivity index (χ4v) is 5.57. The van der Waals surface area contributed by atoms with Gasteiger partial charge >= 0.3 is 5.97 Å². The summed E-state index contributed by atoms with van der Waals surface area (Å²) < 4.78 is 11.9. The summed E-state index contributed by atoms with van der Waals surface area (Å²) in [7, 11) is 2.95. The molecule has 1 aliphatic carbocycles. The number of rotatable bonds is 11. The monoisotopic (exact) mass is 580 g/mol. The smallest absolute Gasteiger partial charge is 0.328 e. The van der Waals surface area contributed by atoms with Crippen LogP contribution >= 0.6 is 11.6 Å². The van der Waals surface area contributed by atoms with Gasteiger partial charge in [0.2, 0.25) is 5.91 Å².